The van der Waals surface area contributed by atoms with E-state index in [1.807, 2.05) is 27.7 Å². The monoisotopic (exact) mass is 375 g/mol. The molecule has 0 saturated carbocycles. The molecule has 0 atom stereocenters. The smallest absolute Gasteiger partial charge is 0.400 e. The average Bonchev–Trinajstić information content (AvgIpc) is 2.65. The van der Waals surface area contributed by atoms with Crippen molar-refractivity contribution in [1.82, 2.24) is 5.32 Å². The van der Waals surface area contributed by atoms with Gasteiger partial charge in [-0.1, -0.05) is 17.7 Å². The van der Waals surface area contributed by atoms with Gasteiger partial charge in [0.15, 0.2) is 0 Å². The molecule has 0 bridgehead atoms. The van der Waals surface area contributed by atoms with Crippen molar-refractivity contribution < 1.29 is 22.5 Å². The highest BCUT2D eigenvalue weighted by Crippen LogP contribution is 2.39. The Hall–Kier alpha value is -1.02. The van der Waals surface area contributed by atoms with Crippen LogP contribution in [-0.4, -0.2) is 31.9 Å². The first-order valence-corrected chi connectivity index (χ1v) is 8.32. The molecule has 0 unspecified atom stereocenters. The quantitative estimate of drug-likeness (QED) is 0.781. The molecular weight excluding hydrogens is 353 g/mol. The predicted octanol–water partition coefficient (Wildman–Crippen LogP) is 4.59. The van der Waals surface area contributed by atoms with Crippen LogP contribution >= 0.6 is 11.6 Å². The summed E-state index contributed by atoms with van der Waals surface area (Å²) in [6.07, 6.45) is -2.83. The van der Waals surface area contributed by atoms with Crippen LogP contribution in [-0.2, 0) is 15.5 Å². The Kier molecular flexibility index (Phi) is 5.64. The summed E-state index contributed by atoms with van der Waals surface area (Å²) in [5, 5.41) is 3.02. The van der Waals surface area contributed by atoms with E-state index in [1.54, 1.807) is 13.1 Å². The summed E-state index contributed by atoms with van der Waals surface area (Å²) in [6, 6.07) is 3.45. The summed E-state index contributed by atoms with van der Waals surface area (Å²) in [5.41, 5.74) is -0.813. The third kappa shape index (κ3) is 4.59. The molecule has 1 heterocycles. The Morgan fingerprint density at radius 1 is 1.16 bits per heavy atom. The van der Waals surface area contributed by atoms with E-state index >= 15 is 0 Å². The second-order valence-electron chi connectivity index (χ2n) is 7.11. The van der Waals surface area contributed by atoms with E-state index in [9.17, 15) is 13.2 Å². The number of alkyl halides is 3. The summed E-state index contributed by atoms with van der Waals surface area (Å²) < 4.78 is 51.0. The molecule has 2 rings (SSSR count). The van der Waals surface area contributed by atoms with Gasteiger partial charge < -0.3 is 14.6 Å². The van der Waals surface area contributed by atoms with Crippen LogP contribution in [0.4, 0.5) is 13.2 Å². The number of hydrogen-bond acceptors (Lipinski definition) is 3. The minimum absolute atomic E-state index is 0.0267. The first kappa shape index (κ1) is 20.3. The number of nitrogens with one attached hydrogen (secondary N) is 1. The molecule has 0 aliphatic carbocycles. The van der Waals surface area contributed by atoms with Gasteiger partial charge in [-0.3, -0.25) is 0 Å². The molecule has 1 aromatic carbocycles. The molecule has 138 valence electrons. The van der Waals surface area contributed by atoms with Gasteiger partial charge in [0.1, 0.15) is 0 Å². The lowest BCUT2D eigenvalue weighted by molar-refractivity contribution is -0.137. The topological polar surface area (TPSA) is 30.5 Å². The van der Waals surface area contributed by atoms with Gasteiger partial charge in [0.25, 0.3) is 0 Å². The van der Waals surface area contributed by atoms with E-state index in [0.29, 0.717) is 17.6 Å². The standard InChI is InChI=1S/C17H22BClF3NO2/c1-15(2)16(3,4)25-18(24-15)13(10-23-5)7-11-6-12(17(20,21)22)9-14(19)8-11/h6-9,23H,10H2,1-5H3. The van der Waals surface area contributed by atoms with Gasteiger partial charge in [-0.15, -0.1) is 0 Å². The Bertz CT molecular complexity index is 658. The fourth-order valence-corrected chi connectivity index (χ4v) is 2.72. The number of hydrogen-bond donors (Lipinski definition) is 1. The van der Waals surface area contributed by atoms with E-state index in [1.165, 1.54) is 6.07 Å². The second kappa shape index (κ2) is 6.95. The Morgan fingerprint density at radius 3 is 2.20 bits per heavy atom. The largest absolute Gasteiger partial charge is 0.491 e. The molecule has 1 N–H and O–H groups in total. The van der Waals surface area contributed by atoms with Crippen LogP contribution in [0, 0.1) is 0 Å². The molecule has 1 fully saturated rings. The minimum Gasteiger partial charge on any atom is -0.400 e. The molecule has 1 aliphatic heterocycles. The van der Waals surface area contributed by atoms with Gasteiger partial charge in [-0.25, -0.2) is 0 Å². The SMILES string of the molecule is CNCC(=Cc1cc(Cl)cc(C(F)(F)F)c1)B1OC(C)(C)C(C)(C)O1. The first-order valence-electron chi connectivity index (χ1n) is 7.94. The molecule has 1 aliphatic rings. The van der Waals surface area contributed by atoms with Crippen LogP contribution in [0.25, 0.3) is 6.08 Å². The molecule has 1 aromatic rings. The van der Waals surface area contributed by atoms with Crippen LogP contribution in [0.5, 0.6) is 0 Å². The number of likely N-dealkylation sites (N-methyl/N-ethyl adjacent to an activating group) is 1. The molecule has 0 amide bonds. The van der Waals surface area contributed by atoms with Gasteiger partial charge in [0.2, 0.25) is 0 Å². The van der Waals surface area contributed by atoms with Crippen molar-refractivity contribution in [2.24, 2.45) is 0 Å². The van der Waals surface area contributed by atoms with Crippen LogP contribution in [0.15, 0.2) is 23.7 Å². The molecule has 0 spiro atoms. The van der Waals surface area contributed by atoms with E-state index in [4.69, 9.17) is 20.9 Å². The van der Waals surface area contributed by atoms with Crippen molar-refractivity contribution in [1.29, 1.82) is 0 Å². The third-order valence-corrected chi connectivity index (χ3v) is 4.75. The molecule has 1 saturated heterocycles. The lowest BCUT2D eigenvalue weighted by atomic mass is 9.77. The summed E-state index contributed by atoms with van der Waals surface area (Å²) >= 11 is 5.86. The molecule has 8 heteroatoms. The maximum absolute atomic E-state index is 13.0. The summed E-state index contributed by atoms with van der Waals surface area (Å²) in [4.78, 5) is 0. The number of benzene rings is 1. The van der Waals surface area contributed by atoms with E-state index < -0.39 is 30.1 Å². The van der Waals surface area contributed by atoms with Crippen molar-refractivity contribution in [3.05, 3.63) is 39.8 Å². The average molecular weight is 376 g/mol. The Balaban J connectivity index is 2.40. The van der Waals surface area contributed by atoms with Gasteiger partial charge in [-0.2, -0.15) is 13.2 Å². The zero-order valence-corrected chi connectivity index (χ0v) is 15.7. The van der Waals surface area contributed by atoms with Crippen LogP contribution in [0.3, 0.4) is 0 Å². The van der Waals surface area contributed by atoms with E-state index in [0.717, 1.165) is 12.1 Å². The van der Waals surface area contributed by atoms with E-state index in [-0.39, 0.29) is 5.02 Å². The third-order valence-electron chi connectivity index (χ3n) is 4.54. The van der Waals surface area contributed by atoms with Gasteiger partial charge in [0, 0.05) is 11.6 Å². The van der Waals surface area contributed by atoms with Crippen LogP contribution < -0.4 is 5.32 Å². The van der Waals surface area contributed by atoms with Gasteiger partial charge in [-0.05, 0) is 64.0 Å². The van der Waals surface area contributed by atoms with Gasteiger partial charge in [0.05, 0.1) is 16.8 Å². The Labute approximate surface area is 151 Å². The zero-order valence-electron chi connectivity index (χ0n) is 14.9. The van der Waals surface area contributed by atoms with Crippen molar-refractivity contribution in [3.8, 4) is 0 Å². The van der Waals surface area contributed by atoms with Crippen molar-refractivity contribution in [2.45, 2.75) is 45.1 Å². The lowest BCUT2D eigenvalue weighted by Gasteiger charge is -2.32. The number of rotatable bonds is 4. The highest BCUT2D eigenvalue weighted by molar-refractivity contribution is 6.56. The summed E-state index contributed by atoms with van der Waals surface area (Å²) in [5.74, 6) is 0. The summed E-state index contributed by atoms with van der Waals surface area (Å²) in [6.45, 7) is 8.09. The number of halogens is 4. The van der Waals surface area contributed by atoms with Crippen molar-refractivity contribution >= 4 is 24.8 Å². The second-order valence-corrected chi connectivity index (χ2v) is 7.55. The van der Waals surface area contributed by atoms with Crippen molar-refractivity contribution in [2.75, 3.05) is 13.6 Å². The van der Waals surface area contributed by atoms with Gasteiger partial charge >= 0.3 is 13.3 Å². The lowest BCUT2D eigenvalue weighted by Crippen LogP contribution is -2.41. The van der Waals surface area contributed by atoms with E-state index in [2.05, 4.69) is 5.32 Å². The molecule has 3 nitrogen and oxygen atoms in total. The highest BCUT2D eigenvalue weighted by atomic mass is 35.5. The Morgan fingerprint density at radius 2 is 1.72 bits per heavy atom. The molecule has 0 radical (unpaired) electrons. The van der Waals surface area contributed by atoms with Crippen LogP contribution in [0.1, 0.15) is 38.8 Å². The maximum atomic E-state index is 13.0. The minimum atomic E-state index is -4.46. The normalized spacial score (nSPS) is 20.2. The maximum Gasteiger partial charge on any atom is 0.491 e. The highest BCUT2D eigenvalue weighted by Gasteiger charge is 2.52. The van der Waals surface area contributed by atoms with Crippen LogP contribution in [0.2, 0.25) is 5.02 Å². The first-order chi connectivity index (χ1) is 11.4. The molecule has 25 heavy (non-hydrogen) atoms. The van der Waals surface area contributed by atoms with Crippen molar-refractivity contribution in [3.63, 3.8) is 0 Å². The predicted molar refractivity (Wildman–Crippen MR) is 94.4 cm³/mol. The molecular formula is C17H22BClF3NO2. The summed E-state index contributed by atoms with van der Waals surface area (Å²) in [7, 11) is 1.10. The zero-order chi connectivity index (χ0) is 19.0. The molecule has 0 aromatic heterocycles. The fourth-order valence-electron chi connectivity index (χ4n) is 2.47. The fraction of sp³-hybridized carbons (Fsp3) is 0.529.